The van der Waals surface area contributed by atoms with E-state index in [2.05, 4.69) is 28.9 Å². The summed E-state index contributed by atoms with van der Waals surface area (Å²) < 4.78 is 11.8. The van der Waals surface area contributed by atoms with E-state index < -0.39 is 0 Å². The van der Waals surface area contributed by atoms with E-state index in [1.807, 2.05) is 36.4 Å². The molecular formula is C19H22BrClO2. The van der Waals surface area contributed by atoms with Crippen LogP contribution >= 0.6 is 27.5 Å². The molecule has 2 nitrogen and oxygen atoms in total. The van der Waals surface area contributed by atoms with Crippen LogP contribution in [0, 0.1) is 0 Å². The van der Waals surface area contributed by atoms with Gasteiger partial charge in [0.25, 0.3) is 0 Å². The predicted octanol–water partition coefficient (Wildman–Crippen LogP) is 6.64. The first-order chi connectivity index (χ1) is 11.2. The summed E-state index contributed by atoms with van der Waals surface area (Å²) in [6.07, 6.45) is 4.23. The number of hydrogen-bond acceptors (Lipinski definition) is 2. The maximum absolute atomic E-state index is 5.92. The average Bonchev–Trinajstić information content (AvgIpc) is 2.56. The molecule has 0 spiro atoms. The molecule has 4 heteroatoms. The molecule has 0 bridgehead atoms. The molecule has 23 heavy (non-hydrogen) atoms. The van der Waals surface area contributed by atoms with Crippen molar-refractivity contribution >= 4 is 27.5 Å². The van der Waals surface area contributed by atoms with Gasteiger partial charge < -0.3 is 9.47 Å². The van der Waals surface area contributed by atoms with Crippen molar-refractivity contribution in [3.63, 3.8) is 0 Å². The number of aryl methyl sites for hydroxylation is 1. The maximum atomic E-state index is 5.92. The Balaban J connectivity index is 2.06. The minimum atomic E-state index is 0.705. The van der Waals surface area contributed by atoms with Gasteiger partial charge in [-0.3, -0.25) is 0 Å². The van der Waals surface area contributed by atoms with Gasteiger partial charge in [-0.25, -0.2) is 0 Å². The van der Waals surface area contributed by atoms with E-state index >= 15 is 0 Å². The van der Waals surface area contributed by atoms with Gasteiger partial charge >= 0.3 is 0 Å². The lowest BCUT2D eigenvalue weighted by molar-refractivity contribution is 0.306. The van der Waals surface area contributed by atoms with Crippen LogP contribution < -0.4 is 9.47 Å². The summed E-state index contributed by atoms with van der Waals surface area (Å²) in [6, 6.07) is 13.4. The SMILES string of the molecule is CCCc1cc(Oc2ccc(Cl)cc2)ccc1OCCCCBr. The van der Waals surface area contributed by atoms with E-state index in [9.17, 15) is 0 Å². The highest BCUT2D eigenvalue weighted by atomic mass is 79.9. The van der Waals surface area contributed by atoms with Crippen LogP contribution in [0.5, 0.6) is 17.2 Å². The van der Waals surface area contributed by atoms with Gasteiger partial charge in [-0.1, -0.05) is 40.9 Å². The third kappa shape index (κ3) is 6.08. The lowest BCUT2D eigenvalue weighted by Gasteiger charge is -2.13. The quantitative estimate of drug-likeness (QED) is 0.349. The highest BCUT2D eigenvalue weighted by Crippen LogP contribution is 2.29. The van der Waals surface area contributed by atoms with Gasteiger partial charge in [-0.05, 0) is 67.3 Å². The van der Waals surface area contributed by atoms with Gasteiger partial charge in [-0.2, -0.15) is 0 Å². The van der Waals surface area contributed by atoms with Crippen molar-refractivity contribution in [1.29, 1.82) is 0 Å². The zero-order valence-corrected chi connectivity index (χ0v) is 15.7. The largest absolute Gasteiger partial charge is 0.493 e. The van der Waals surface area contributed by atoms with Gasteiger partial charge in [0.2, 0.25) is 0 Å². The van der Waals surface area contributed by atoms with E-state index in [4.69, 9.17) is 21.1 Å². The zero-order valence-electron chi connectivity index (χ0n) is 13.4. The summed E-state index contributed by atoms with van der Waals surface area (Å²) >= 11 is 9.34. The van der Waals surface area contributed by atoms with E-state index in [1.165, 1.54) is 5.56 Å². The fourth-order valence-electron chi connectivity index (χ4n) is 2.24. The first kappa shape index (κ1) is 18.2. The number of hydrogen-bond donors (Lipinski definition) is 0. The molecule has 2 aromatic carbocycles. The van der Waals surface area contributed by atoms with Crippen LogP contribution in [-0.4, -0.2) is 11.9 Å². The second kappa shape index (κ2) is 9.84. The van der Waals surface area contributed by atoms with Crippen LogP contribution in [0.15, 0.2) is 42.5 Å². The lowest BCUT2D eigenvalue weighted by atomic mass is 10.1. The fourth-order valence-corrected chi connectivity index (χ4v) is 2.76. The Morgan fingerprint density at radius 3 is 2.43 bits per heavy atom. The average molecular weight is 398 g/mol. The second-order valence-electron chi connectivity index (χ2n) is 5.32. The summed E-state index contributed by atoms with van der Waals surface area (Å²) in [7, 11) is 0. The van der Waals surface area contributed by atoms with Crippen molar-refractivity contribution in [2.75, 3.05) is 11.9 Å². The molecule has 0 saturated heterocycles. The number of halogens is 2. The monoisotopic (exact) mass is 396 g/mol. The standard InChI is InChI=1S/C19H22BrClO2/c1-2-5-15-14-18(23-17-8-6-16(21)7-9-17)10-11-19(15)22-13-4-3-12-20/h6-11,14H,2-5,12-13H2,1H3. The number of benzene rings is 2. The first-order valence-corrected chi connectivity index (χ1v) is 9.48. The summed E-state index contributed by atoms with van der Waals surface area (Å²) in [4.78, 5) is 0. The summed E-state index contributed by atoms with van der Waals surface area (Å²) in [5.41, 5.74) is 1.19. The van der Waals surface area contributed by atoms with Crippen LogP contribution in [0.1, 0.15) is 31.7 Å². The molecular weight excluding hydrogens is 376 g/mol. The van der Waals surface area contributed by atoms with Crippen LogP contribution in [0.25, 0.3) is 0 Å². The van der Waals surface area contributed by atoms with E-state index in [1.54, 1.807) is 0 Å². The third-order valence-corrected chi connectivity index (χ3v) is 4.20. The minimum Gasteiger partial charge on any atom is -0.493 e. The molecule has 0 heterocycles. The Bertz CT molecular complexity index is 599. The van der Waals surface area contributed by atoms with Crippen LogP contribution in [-0.2, 0) is 6.42 Å². The number of alkyl halides is 1. The molecule has 0 amide bonds. The smallest absolute Gasteiger partial charge is 0.127 e. The molecule has 0 radical (unpaired) electrons. The Morgan fingerprint density at radius 1 is 1.00 bits per heavy atom. The van der Waals surface area contributed by atoms with E-state index in [0.29, 0.717) is 5.02 Å². The van der Waals surface area contributed by atoms with E-state index in [0.717, 1.165) is 54.9 Å². The Morgan fingerprint density at radius 2 is 1.74 bits per heavy atom. The number of ether oxygens (including phenoxy) is 2. The zero-order chi connectivity index (χ0) is 16.5. The van der Waals surface area contributed by atoms with Gasteiger partial charge in [0, 0.05) is 10.4 Å². The molecule has 0 aliphatic carbocycles. The minimum absolute atomic E-state index is 0.705. The molecule has 0 fully saturated rings. The maximum Gasteiger partial charge on any atom is 0.127 e. The summed E-state index contributed by atoms with van der Waals surface area (Å²) in [6.45, 7) is 2.92. The predicted molar refractivity (Wildman–Crippen MR) is 100 cm³/mol. The van der Waals surface area contributed by atoms with Gasteiger partial charge in [0.05, 0.1) is 6.61 Å². The normalized spacial score (nSPS) is 10.6. The number of rotatable bonds is 9. The molecule has 0 unspecified atom stereocenters. The van der Waals surface area contributed by atoms with E-state index in [-0.39, 0.29) is 0 Å². The molecule has 2 aromatic rings. The highest BCUT2D eigenvalue weighted by molar-refractivity contribution is 9.09. The first-order valence-electron chi connectivity index (χ1n) is 7.98. The lowest BCUT2D eigenvalue weighted by Crippen LogP contribution is -2.01. The topological polar surface area (TPSA) is 18.5 Å². The van der Waals surface area contributed by atoms with Crippen molar-refractivity contribution in [3.8, 4) is 17.2 Å². The second-order valence-corrected chi connectivity index (χ2v) is 6.55. The highest BCUT2D eigenvalue weighted by Gasteiger charge is 2.07. The molecule has 124 valence electrons. The molecule has 0 aromatic heterocycles. The van der Waals surface area contributed by atoms with Gasteiger partial charge in [0.1, 0.15) is 17.2 Å². The Labute approximate surface area is 151 Å². The third-order valence-electron chi connectivity index (χ3n) is 3.39. The number of unbranched alkanes of at least 4 members (excludes halogenated alkanes) is 1. The summed E-state index contributed by atoms with van der Waals surface area (Å²) in [5.74, 6) is 2.57. The Hall–Kier alpha value is -1.19. The fraction of sp³-hybridized carbons (Fsp3) is 0.368. The van der Waals surface area contributed by atoms with Crippen molar-refractivity contribution in [3.05, 3.63) is 53.1 Å². The van der Waals surface area contributed by atoms with Crippen LogP contribution in [0.3, 0.4) is 0 Å². The van der Waals surface area contributed by atoms with Crippen LogP contribution in [0.2, 0.25) is 5.02 Å². The molecule has 2 rings (SSSR count). The van der Waals surface area contributed by atoms with Gasteiger partial charge in [0.15, 0.2) is 0 Å². The van der Waals surface area contributed by atoms with Crippen LogP contribution in [0.4, 0.5) is 0 Å². The van der Waals surface area contributed by atoms with Crippen molar-refractivity contribution < 1.29 is 9.47 Å². The molecule has 0 aliphatic heterocycles. The summed E-state index contributed by atoms with van der Waals surface area (Å²) in [5, 5.41) is 1.72. The molecule has 0 N–H and O–H groups in total. The van der Waals surface area contributed by atoms with Crippen molar-refractivity contribution in [2.45, 2.75) is 32.6 Å². The molecule has 0 atom stereocenters. The molecule has 0 aliphatic rings. The molecule has 0 saturated carbocycles. The van der Waals surface area contributed by atoms with Gasteiger partial charge in [-0.15, -0.1) is 0 Å². The van der Waals surface area contributed by atoms with Crippen molar-refractivity contribution in [1.82, 2.24) is 0 Å². The Kier molecular flexibility index (Phi) is 7.77. The van der Waals surface area contributed by atoms with Crippen molar-refractivity contribution in [2.24, 2.45) is 0 Å².